The fourth-order valence-electron chi connectivity index (χ4n) is 3.63. The molecular weight excluding hydrogens is 383 g/mol. The molecule has 0 bridgehead atoms. The molecule has 0 aliphatic heterocycles. The standard InChI is InChI=1S/C24H51O4P/c1-7-13-19-22(16-10-4)26-29(25,27-23(17-11-5)20-14-8-2)28-24(18-12-6)21-15-9-3/h22-24H,7-21H2,1-6H3. The number of rotatable bonds is 21. The molecule has 0 rings (SSSR count). The molecule has 0 aromatic rings. The van der Waals surface area contributed by atoms with Crippen molar-refractivity contribution >= 4 is 7.82 Å². The predicted molar refractivity (Wildman–Crippen MR) is 126 cm³/mol. The fraction of sp³-hybridized carbons (Fsp3) is 1.00. The molecule has 0 fully saturated rings. The van der Waals surface area contributed by atoms with E-state index < -0.39 is 7.82 Å². The van der Waals surface area contributed by atoms with Crippen molar-refractivity contribution in [2.45, 2.75) is 156 Å². The van der Waals surface area contributed by atoms with E-state index in [2.05, 4.69) is 41.5 Å². The molecule has 0 heterocycles. The first-order valence-corrected chi connectivity index (χ1v) is 14.1. The first-order chi connectivity index (χ1) is 14.0. The van der Waals surface area contributed by atoms with E-state index in [1.54, 1.807) is 0 Å². The summed E-state index contributed by atoms with van der Waals surface area (Å²) in [4.78, 5) is 0. The molecule has 0 N–H and O–H groups in total. The van der Waals surface area contributed by atoms with Crippen LogP contribution in [0.1, 0.15) is 138 Å². The van der Waals surface area contributed by atoms with Gasteiger partial charge >= 0.3 is 7.82 Å². The van der Waals surface area contributed by atoms with Gasteiger partial charge in [-0.2, -0.15) is 0 Å². The number of phosphoric acid groups is 1. The summed E-state index contributed by atoms with van der Waals surface area (Å²) in [5, 5.41) is 0. The van der Waals surface area contributed by atoms with Crippen LogP contribution in [-0.4, -0.2) is 18.3 Å². The zero-order valence-corrected chi connectivity index (χ0v) is 21.3. The van der Waals surface area contributed by atoms with Gasteiger partial charge in [0.15, 0.2) is 0 Å². The van der Waals surface area contributed by atoms with E-state index in [1.165, 1.54) is 0 Å². The Hall–Kier alpha value is 0.110. The van der Waals surface area contributed by atoms with Gasteiger partial charge < -0.3 is 0 Å². The summed E-state index contributed by atoms with van der Waals surface area (Å²) in [5.74, 6) is 0. The van der Waals surface area contributed by atoms with Crippen molar-refractivity contribution in [1.29, 1.82) is 0 Å². The van der Waals surface area contributed by atoms with Crippen molar-refractivity contribution in [2.75, 3.05) is 0 Å². The summed E-state index contributed by atoms with van der Waals surface area (Å²) < 4.78 is 32.5. The Morgan fingerprint density at radius 2 is 0.759 bits per heavy atom. The lowest BCUT2D eigenvalue weighted by molar-refractivity contribution is 0.0171. The maximum absolute atomic E-state index is 13.9. The fourth-order valence-corrected chi connectivity index (χ4v) is 5.51. The van der Waals surface area contributed by atoms with E-state index >= 15 is 0 Å². The van der Waals surface area contributed by atoms with Gasteiger partial charge in [-0.3, -0.25) is 13.6 Å². The first kappa shape index (κ1) is 29.1. The third-order valence-corrected chi connectivity index (χ3v) is 6.97. The topological polar surface area (TPSA) is 44.8 Å². The average molecular weight is 435 g/mol. The van der Waals surface area contributed by atoms with Crippen LogP contribution >= 0.6 is 7.82 Å². The minimum atomic E-state index is -3.60. The quantitative estimate of drug-likeness (QED) is 0.169. The SMILES string of the molecule is CCCCC(CCC)OP(=O)(OC(CCC)CCCC)OC(CCC)CCCC. The van der Waals surface area contributed by atoms with E-state index in [1.807, 2.05) is 0 Å². The van der Waals surface area contributed by atoms with Crippen LogP contribution in [0.4, 0.5) is 0 Å². The van der Waals surface area contributed by atoms with Crippen LogP contribution in [0.15, 0.2) is 0 Å². The molecular formula is C24H51O4P. The summed E-state index contributed by atoms with van der Waals surface area (Å²) in [7, 11) is -3.60. The highest BCUT2D eigenvalue weighted by Crippen LogP contribution is 2.55. The first-order valence-electron chi connectivity index (χ1n) is 12.6. The molecule has 176 valence electrons. The molecule has 0 saturated carbocycles. The molecule has 0 radical (unpaired) electrons. The zero-order chi connectivity index (χ0) is 22.0. The van der Waals surface area contributed by atoms with E-state index in [0.29, 0.717) is 0 Å². The zero-order valence-electron chi connectivity index (χ0n) is 20.4. The molecule has 0 aliphatic rings. The van der Waals surface area contributed by atoms with Crippen molar-refractivity contribution in [3.05, 3.63) is 0 Å². The van der Waals surface area contributed by atoms with Gasteiger partial charge in [0.1, 0.15) is 0 Å². The van der Waals surface area contributed by atoms with Crippen molar-refractivity contribution in [1.82, 2.24) is 0 Å². The third-order valence-electron chi connectivity index (χ3n) is 5.31. The van der Waals surface area contributed by atoms with Gasteiger partial charge in [0, 0.05) is 0 Å². The van der Waals surface area contributed by atoms with Crippen LogP contribution in [0, 0.1) is 0 Å². The Bertz CT molecular complexity index is 345. The second kappa shape index (κ2) is 18.8. The Balaban J connectivity index is 5.44. The summed E-state index contributed by atoms with van der Waals surface area (Å²) in [6, 6.07) is 0. The Kier molecular flexibility index (Phi) is 18.9. The maximum atomic E-state index is 13.9. The lowest BCUT2D eigenvalue weighted by Gasteiger charge is -2.30. The Morgan fingerprint density at radius 1 is 0.483 bits per heavy atom. The van der Waals surface area contributed by atoms with Gasteiger partial charge in [0.25, 0.3) is 0 Å². The molecule has 5 heteroatoms. The molecule has 0 spiro atoms. The number of hydrogen-bond donors (Lipinski definition) is 0. The van der Waals surface area contributed by atoms with E-state index in [9.17, 15) is 4.57 Å². The third kappa shape index (κ3) is 14.7. The van der Waals surface area contributed by atoms with Gasteiger partial charge in [0.05, 0.1) is 18.3 Å². The molecule has 0 aromatic heterocycles. The van der Waals surface area contributed by atoms with Crippen LogP contribution < -0.4 is 0 Å². The minimum absolute atomic E-state index is 0.0484. The van der Waals surface area contributed by atoms with Gasteiger partial charge in [-0.1, -0.05) is 99.3 Å². The second-order valence-electron chi connectivity index (χ2n) is 8.42. The lowest BCUT2D eigenvalue weighted by atomic mass is 10.1. The largest absolute Gasteiger partial charge is 0.475 e. The van der Waals surface area contributed by atoms with E-state index in [-0.39, 0.29) is 18.3 Å². The van der Waals surface area contributed by atoms with Crippen LogP contribution in [0.5, 0.6) is 0 Å². The minimum Gasteiger partial charge on any atom is -0.284 e. The van der Waals surface area contributed by atoms with E-state index in [0.717, 1.165) is 96.3 Å². The van der Waals surface area contributed by atoms with Crippen molar-refractivity contribution in [2.24, 2.45) is 0 Å². The molecule has 0 amide bonds. The summed E-state index contributed by atoms with van der Waals surface area (Å²) >= 11 is 0. The molecule has 0 saturated heterocycles. The van der Waals surface area contributed by atoms with Crippen LogP contribution in [0.2, 0.25) is 0 Å². The highest BCUT2D eigenvalue weighted by atomic mass is 31.2. The van der Waals surface area contributed by atoms with Crippen LogP contribution in [-0.2, 0) is 18.1 Å². The van der Waals surface area contributed by atoms with Crippen LogP contribution in [0.3, 0.4) is 0 Å². The molecule has 4 nitrogen and oxygen atoms in total. The second-order valence-corrected chi connectivity index (χ2v) is 9.95. The Labute approximate surface area is 182 Å². The number of unbranched alkanes of at least 4 members (excludes halogenated alkanes) is 3. The monoisotopic (exact) mass is 434 g/mol. The predicted octanol–water partition coefficient (Wildman–Crippen LogP) is 9.22. The van der Waals surface area contributed by atoms with Crippen molar-refractivity contribution in [3.8, 4) is 0 Å². The van der Waals surface area contributed by atoms with Gasteiger partial charge in [-0.25, -0.2) is 4.57 Å². The lowest BCUT2D eigenvalue weighted by Crippen LogP contribution is -2.21. The maximum Gasteiger partial charge on any atom is 0.475 e. The van der Waals surface area contributed by atoms with Crippen molar-refractivity contribution < 1.29 is 18.1 Å². The highest BCUT2D eigenvalue weighted by Gasteiger charge is 2.36. The number of phosphoric ester groups is 1. The number of hydrogen-bond acceptors (Lipinski definition) is 4. The molecule has 3 atom stereocenters. The van der Waals surface area contributed by atoms with Gasteiger partial charge in [-0.15, -0.1) is 0 Å². The molecule has 3 unspecified atom stereocenters. The Morgan fingerprint density at radius 3 is 0.966 bits per heavy atom. The summed E-state index contributed by atoms with van der Waals surface area (Å²) in [6.45, 7) is 13.0. The van der Waals surface area contributed by atoms with Crippen molar-refractivity contribution in [3.63, 3.8) is 0 Å². The molecule has 29 heavy (non-hydrogen) atoms. The summed E-state index contributed by atoms with van der Waals surface area (Å²) in [5.41, 5.74) is 0. The van der Waals surface area contributed by atoms with Gasteiger partial charge in [-0.05, 0) is 38.5 Å². The smallest absolute Gasteiger partial charge is 0.284 e. The molecule has 0 aromatic carbocycles. The average Bonchev–Trinajstić information content (AvgIpc) is 2.69. The summed E-state index contributed by atoms with van der Waals surface area (Å²) in [6.07, 6.45) is 14.9. The molecule has 0 aliphatic carbocycles. The normalized spacial score (nSPS) is 17.0. The highest BCUT2D eigenvalue weighted by molar-refractivity contribution is 7.48. The van der Waals surface area contributed by atoms with Gasteiger partial charge in [0.2, 0.25) is 0 Å². The van der Waals surface area contributed by atoms with Crippen LogP contribution in [0.25, 0.3) is 0 Å². The van der Waals surface area contributed by atoms with E-state index in [4.69, 9.17) is 13.6 Å².